The summed E-state index contributed by atoms with van der Waals surface area (Å²) in [5.41, 5.74) is 0. The minimum absolute atomic E-state index is 0.0268. The van der Waals surface area contributed by atoms with E-state index in [4.69, 9.17) is 14.6 Å². The van der Waals surface area contributed by atoms with Crippen molar-refractivity contribution in [1.82, 2.24) is 5.32 Å². The molecule has 0 spiro atoms. The molecule has 2 rings (SSSR count). The molecule has 0 radical (unpaired) electrons. The third-order valence-corrected chi connectivity index (χ3v) is 4.07. The Balaban J connectivity index is 0.000000492. The van der Waals surface area contributed by atoms with Crippen molar-refractivity contribution in [2.45, 2.75) is 32.1 Å². The molecule has 0 aromatic rings. The van der Waals surface area contributed by atoms with E-state index in [1.165, 1.54) is 32.1 Å². The first-order valence-corrected chi connectivity index (χ1v) is 6.56. The highest BCUT2D eigenvalue weighted by molar-refractivity contribution is 5.77. The number of carbonyl (C=O) groups excluding carboxylic acids is 1. The Kier molecular flexibility index (Phi) is 6.72. The van der Waals surface area contributed by atoms with Crippen LogP contribution in [0.4, 0.5) is 0 Å². The molecule has 104 valence electrons. The number of nitrogens with one attached hydrogen (secondary N) is 1. The van der Waals surface area contributed by atoms with Gasteiger partial charge >= 0.3 is 0 Å². The van der Waals surface area contributed by atoms with Gasteiger partial charge in [-0.05, 0) is 37.0 Å². The Morgan fingerprint density at radius 2 is 2.11 bits per heavy atom. The van der Waals surface area contributed by atoms with Crippen LogP contribution in [0.5, 0.6) is 0 Å². The van der Waals surface area contributed by atoms with Crippen LogP contribution in [-0.4, -0.2) is 37.7 Å². The summed E-state index contributed by atoms with van der Waals surface area (Å²) in [4.78, 5) is 19.6. The van der Waals surface area contributed by atoms with E-state index < -0.39 is 0 Å². The number of fused-ring (bicyclic) bond motifs is 1. The lowest BCUT2D eigenvalue weighted by Crippen LogP contribution is -2.33. The molecular weight excluding hydrogens is 234 g/mol. The van der Waals surface area contributed by atoms with Crippen molar-refractivity contribution >= 4 is 12.4 Å². The van der Waals surface area contributed by atoms with E-state index in [9.17, 15) is 4.79 Å². The molecular formula is C13H23NO4. The molecule has 2 saturated carbocycles. The molecule has 0 aliphatic heterocycles. The van der Waals surface area contributed by atoms with Gasteiger partial charge < -0.3 is 15.2 Å². The van der Waals surface area contributed by atoms with Crippen molar-refractivity contribution < 1.29 is 19.4 Å². The standard InChI is InChI=1S/C12H21NO2.CH2O2/c1-15-8-12(14)13-7-10-6-5-9-3-2-4-11(9)10;2-1-3/h9-11H,2-8H2,1H3,(H,13,14);1H,(H,2,3)/t9-,10+,11-;/m0./s1. The summed E-state index contributed by atoms with van der Waals surface area (Å²) in [7, 11) is 1.56. The molecule has 2 fully saturated rings. The van der Waals surface area contributed by atoms with Gasteiger partial charge in [0.2, 0.25) is 5.91 Å². The van der Waals surface area contributed by atoms with Crippen molar-refractivity contribution in [2.75, 3.05) is 20.3 Å². The predicted molar refractivity (Wildman–Crippen MR) is 67.1 cm³/mol. The van der Waals surface area contributed by atoms with Gasteiger partial charge in [0.05, 0.1) is 0 Å². The fourth-order valence-corrected chi connectivity index (χ4v) is 3.37. The molecule has 5 nitrogen and oxygen atoms in total. The second-order valence-corrected chi connectivity index (χ2v) is 5.03. The lowest BCUT2D eigenvalue weighted by Gasteiger charge is -2.18. The molecule has 18 heavy (non-hydrogen) atoms. The first-order valence-electron chi connectivity index (χ1n) is 6.56. The number of ether oxygens (including phenoxy) is 1. The first kappa shape index (κ1) is 15.0. The lowest BCUT2D eigenvalue weighted by atomic mass is 9.92. The Morgan fingerprint density at radius 3 is 2.78 bits per heavy atom. The normalized spacial score (nSPS) is 29.1. The zero-order valence-corrected chi connectivity index (χ0v) is 10.9. The van der Waals surface area contributed by atoms with Gasteiger partial charge in [0.25, 0.3) is 6.47 Å². The number of hydrogen-bond donors (Lipinski definition) is 2. The van der Waals surface area contributed by atoms with Crippen molar-refractivity contribution in [1.29, 1.82) is 0 Å². The van der Waals surface area contributed by atoms with Gasteiger partial charge in [-0.1, -0.05) is 12.8 Å². The minimum atomic E-state index is -0.250. The van der Waals surface area contributed by atoms with Gasteiger partial charge in [-0.25, -0.2) is 0 Å². The van der Waals surface area contributed by atoms with Crippen molar-refractivity contribution in [2.24, 2.45) is 17.8 Å². The predicted octanol–water partition coefficient (Wildman–Crippen LogP) is 1.28. The van der Waals surface area contributed by atoms with Gasteiger partial charge in [0.1, 0.15) is 6.61 Å². The van der Waals surface area contributed by atoms with Crippen LogP contribution < -0.4 is 5.32 Å². The third-order valence-electron chi connectivity index (χ3n) is 4.07. The zero-order chi connectivity index (χ0) is 13.4. The van der Waals surface area contributed by atoms with Gasteiger partial charge in [0, 0.05) is 13.7 Å². The van der Waals surface area contributed by atoms with E-state index in [2.05, 4.69) is 5.32 Å². The highest BCUT2D eigenvalue weighted by Gasteiger charge is 2.38. The number of carboxylic acid groups (broad SMARTS) is 1. The molecule has 0 unspecified atom stereocenters. The molecule has 0 bridgehead atoms. The van der Waals surface area contributed by atoms with E-state index in [1.807, 2.05) is 0 Å². The maximum atomic E-state index is 11.3. The van der Waals surface area contributed by atoms with Crippen LogP contribution in [-0.2, 0) is 14.3 Å². The summed E-state index contributed by atoms with van der Waals surface area (Å²) in [6.45, 7) is 0.810. The summed E-state index contributed by atoms with van der Waals surface area (Å²) in [6.07, 6.45) is 6.90. The molecule has 2 N–H and O–H groups in total. The number of hydrogen-bond acceptors (Lipinski definition) is 3. The van der Waals surface area contributed by atoms with E-state index in [-0.39, 0.29) is 19.0 Å². The Labute approximate surface area is 108 Å². The Hall–Kier alpha value is -1.10. The van der Waals surface area contributed by atoms with E-state index >= 15 is 0 Å². The average Bonchev–Trinajstić information content (AvgIpc) is 2.90. The number of methoxy groups -OCH3 is 1. The quantitative estimate of drug-likeness (QED) is 0.744. The molecule has 3 atom stereocenters. The van der Waals surface area contributed by atoms with E-state index in [0.717, 1.165) is 24.3 Å². The molecule has 2 aliphatic carbocycles. The summed E-state index contributed by atoms with van der Waals surface area (Å²) < 4.78 is 4.79. The molecule has 0 saturated heterocycles. The zero-order valence-electron chi connectivity index (χ0n) is 10.9. The second-order valence-electron chi connectivity index (χ2n) is 5.03. The summed E-state index contributed by atoms with van der Waals surface area (Å²) in [5, 5.41) is 9.86. The number of amides is 1. The van der Waals surface area contributed by atoms with Crippen LogP contribution in [0.2, 0.25) is 0 Å². The Bertz CT molecular complexity index is 270. The maximum absolute atomic E-state index is 11.3. The molecule has 0 heterocycles. The van der Waals surface area contributed by atoms with Crippen LogP contribution in [0, 0.1) is 17.8 Å². The van der Waals surface area contributed by atoms with Gasteiger partial charge in [-0.15, -0.1) is 0 Å². The van der Waals surface area contributed by atoms with E-state index in [1.54, 1.807) is 7.11 Å². The van der Waals surface area contributed by atoms with Crippen LogP contribution >= 0.6 is 0 Å². The third kappa shape index (κ3) is 4.29. The topological polar surface area (TPSA) is 75.6 Å². The largest absolute Gasteiger partial charge is 0.483 e. The van der Waals surface area contributed by atoms with E-state index in [0.29, 0.717) is 0 Å². The van der Waals surface area contributed by atoms with Gasteiger partial charge in [-0.2, -0.15) is 0 Å². The molecule has 0 aromatic heterocycles. The van der Waals surface area contributed by atoms with Gasteiger partial charge in [0.15, 0.2) is 0 Å². The van der Waals surface area contributed by atoms with Crippen molar-refractivity contribution in [3.8, 4) is 0 Å². The van der Waals surface area contributed by atoms with Crippen molar-refractivity contribution in [3.63, 3.8) is 0 Å². The van der Waals surface area contributed by atoms with Crippen molar-refractivity contribution in [3.05, 3.63) is 0 Å². The molecule has 1 amide bonds. The smallest absolute Gasteiger partial charge is 0.290 e. The average molecular weight is 257 g/mol. The van der Waals surface area contributed by atoms with Crippen LogP contribution in [0.15, 0.2) is 0 Å². The number of rotatable bonds is 4. The summed E-state index contributed by atoms with van der Waals surface area (Å²) in [6, 6.07) is 0. The minimum Gasteiger partial charge on any atom is -0.483 e. The number of carbonyl (C=O) groups is 2. The maximum Gasteiger partial charge on any atom is 0.290 e. The van der Waals surface area contributed by atoms with Crippen LogP contribution in [0.25, 0.3) is 0 Å². The highest BCUT2D eigenvalue weighted by atomic mass is 16.5. The summed E-state index contributed by atoms with van der Waals surface area (Å²) in [5.74, 6) is 2.62. The SMILES string of the molecule is COCC(=O)NC[C@H]1CC[C@@H]2CCC[C@@H]21.O=CO. The van der Waals surface area contributed by atoms with Crippen LogP contribution in [0.3, 0.4) is 0 Å². The fourth-order valence-electron chi connectivity index (χ4n) is 3.37. The lowest BCUT2D eigenvalue weighted by molar-refractivity contribution is -0.125. The first-order chi connectivity index (χ1) is 8.72. The second kappa shape index (κ2) is 8.08. The van der Waals surface area contributed by atoms with Gasteiger partial charge in [-0.3, -0.25) is 9.59 Å². The molecule has 0 aromatic carbocycles. The summed E-state index contributed by atoms with van der Waals surface area (Å²) >= 11 is 0. The fraction of sp³-hybridized carbons (Fsp3) is 0.846. The monoisotopic (exact) mass is 257 g/mol. The van der Waals surface area contributed by atoms with Crippen LogP contribution in [0.1, 0.15) is 32.1 Å². The Morgan fingerprint density at radius 1 is 1.39 bits per heavy atom. The molecule has 5 heteroatoms. The highest BCUT2D eigenvalue weighted by Crippen LogP contribution is 2.47. The molecule has 2 aliphatic rings.